The average Bonchev–Trinajstić information content (AvgIpc) is 2.76. The first-order valence-electron chi connectivity index (χ1n) is 10.5. The standard InChI is InChI=1S/C23H29BrFN3O4S/c1-5-16(2)26-23(30)17(3)27(14-18-6-10-20(25)11-7-18)22(29)15-28(33(4,31)32)21-12-8-19(24)9-13-21/h6-13,16-17H,5,14-15H2,1-4H3,(H,26,30). The summed E-state index contributed by atoms with van der Waals surface area (Å²) in [5.41, 5.74) is 0.940. The van der Waals surface area contributed by atoms with Crippen LogP contribution in [0.2, 0.25) is 0 Å². The lowest BCUT2D eigenvalue weighted by Gasteiger charge is -2.32. The largest absolute Gasteiger partial charge is 0.352 e. The van der Waals surface area contributed by atoms with E-state index in [0.717, 1.165) is 21.5 Å². The van der Waals surface area contributed by atoms with Gasteiger partial charge in [0.15, 0.2) is 0 Å². The molecular weight excluding hydrogens is 513 g/mol. The van der Waals surface area contributed by atoms with Crippen molar-refractivity contribution in [3.8, 4) is 0 Å². The number of hydrogen-bond donors (Lipinski definition) is 1. The van der Waals surface area contributed by atoms with Gasteiger partial charge < -0.3 is 10.2 Å². The number of halogens is 2. The number of carbonyl (C=O) groups excluding carboxylic acids is 2. The monoisotopic (exact) mass is 541 g/mol. The minimum atomic E-state index is -3.79. The summed E-state index contributed by atoms with van der Waals surface area (Å²) in [6, 6.07) is 11.2. The predicted octanol–water partition coefficient (Wildman–Crippen LogP) is 3.69. The lowest BCUT2D eigenvalue weighted by atomic mass is 10.1. The second kappa shape index (κ2) is 11.6. The van der Waals surface area contributed by atoms with Gasteiger partial charge in [0, 0.05) is 17.1 Å². The summed E-state index contributed by atoms with van der Waals surface area (Å²) in [6.07, 6.45) is 1.74. The Bertz CT molecular complexity index is 1060. The van der Waals surface area contributed by atoms with E-state index in [2.05, 4.69) is 21.2 Å². The summed E-state index contributed by atoms with van der Waals surface area (Å²) < 4.78 is 40.1. The zero-order valence-corrected chi connectivity index (χ0v) is 21.5. The number of benzene rings is 2. The number of amides is 2. The smallest absolute Gasteiger partial charge is 0.244 e. The topological polar surface area (TPSA) is 86.8 Å². The lowest BCUT2D eigenvalue weighted by Crippen LogP contribution is -2.52. The maximum Gasteiger partial charge on any atom is 0.244 e. The fourth-order valence-corrected chi connectivity index (χ4v) is 4.17. The Morgan fingerprint density at radius 2 is 1.64 bits per heavy atom. The maximum atomic E-state index is 13.4. The van der Waals surface area contributed by atoms with Crippen LogP contribution in [0.5, 0.6) is 0 Å². The molecule has 2 amide bonds. The molecule has 2 aromatic rings. The summed E-state index contributed by atoms with van der Waals surface area (Å²) in [5, 5.41) is 2.85. The molecule has 2 rings (SSSR count). The van der Waals surface area contributed by atoms with Crippen LogP contribution in [-0.4, -0.2) is 50.0 Å². The van der Waals surface area contributed by atoms with Crippen molar-refractivity contribution in [2.24, 2.45) is 0 Å². The third-order valence-electron chi connectivity index (χ3n) is 5.23. The van der Waals surface area contributed by atoms with Crippen molar-refractivity contribution in [3.05, 3.63) is 64.4 Å². The first-order valence-corrected chi connectivity index (χ1v) is 13.1. The highest BCUT2D eigenvalue weighted by Crippen LogP contribution is 2.21. The minimum absolute atomic E-state index is 0.0200. The first-order chi connectivity index (χ1) is 15.4. The number of rotatable bonds is 10. The highest BCUT2D eigenvalue weighted by Gasteiger charge is 2.30. The van der Waals surface area contributed by atoms with Crippen LogP contribution in [0.4, 0.5) is 10.1 Å². The Morgan fingerprint density at radius 3 is 2.15 bits per heavy atom. The molecule has 33 heavy (non-hydrogen) atoms. The molecule has 0 aliphatic heterocycles. The molecule has 0 saturated carbocycles. The molecule has 0 aromatic heterocycles. The van der Waals surface area contributed by atoms with Crippen LogP contribution in [0, 0.1) is 5.82 Å². The number of nitrogens with one attached hydrogen (secondary N) is 1. The fourth-order valence-electron chi connectivity index (χ4n) is 3.06. The molecule has 0 saturated heterocycles. The number of hydrogen-bond acceptors (Lipinski definition) is 4. The van der Waals surface area contributed by atoms with E-state index in [-0.39, 0.29) is 18.5 Å². The summed E-state index contributed by atoms with van der Waals surface area (Å²) in [5.74, 6) is -1.33. The summed E-state index contributed by atoms with van der Waals surface area (Å²) >= 11 is 3.31. The molecule has 0 aliphatic rings. The van der Waals surface area contributed by atoms with Crippen LogP contribution in [0.3, 0.4) is 0 Å². The van der Waals surface area contributed by atoms with Gasteiger partial charge in [-0.3, -0.25) is 13.9 Å². The molecule has 0 fully saturated rings. The lowest BCUT2D eigenvalue weighted by molar-refractivity contribution is -0.139. The van der Waals surface area contributed by atoms with Crippen molar-refractivity contribution < 1.29 is 22.4 Å². The molecule has 10 heteroatoms. The molecule has 2 aromatic carbocycles. The van der Waals surface area contributed by atoms with E-state index in [4.69, 9.17) is 0 Å². The molecule has 0 aliphatic carbocycles. The molecule has 0 spiro atoms. The third-order valence-corrected chi connectivity index (χ3v) is 6.90. The van der Waals surface area contributed by atoms with Crippen LogP contribution in [0.25, 0.3) is 0 Å². The summed E-state index contributed by atoms with van der Waals surface area (Å²) in [6.45, 7) is 4.91. The Morgan fingerprint density at radius 1 is 1.06 bits per heavy atom. The van der Waals surface area contributed by atoms with Gasteiger partial charge in [0.25, 0.3) is 0 Å². The van der Waals surface area contributed by atoms with E-state index in [1.54, 1.807) is 31.2 Å². The molecule has 2 atom stereocenters. The van der Waals surface area contributed by atoms with Gasteiger partial charge in [-0.2, -0.15) is 0 Å². The van der Waals surface area contributed by atoms with E-state index in [1.165, 1.54) is 29.2 Å². The normalized spacial score (nSPS) is 13.2. The predicted molar refractivity (Wildman–Crippen MR) is 131 cm³/mol. The Labute approximate surface area is 203 Å². The quantitative estimate of drug-likeness (QED) is 0.497. The first kappa shape index (κ1) is 26.8. The van der Waals surface area contributed by atoms with Gasteiger partial charge in [0.1, 0.15) is 18.4 Å². The van der Waals surface area contributed by atoms with E-state index in [1.807, 2.05) is 13.8 Å². The summed E-state index contributed by atoms with van der Waals surface area (Å²) in [7, 11) is -3.79. The number of sulfonamides is 1. The molecule has 2 unspecified atom stereocenters. The molecule has 0 heterocycles. The molecule has 180 valence electrons. The van der Waals surface area contributed by atoms with Gasteiger partial charge >= 0.3 is 0 Å². The van der Waals surface area contributed by atoms with E-state index < -0.39 is 34.3 Å². The van der Waals surface area contributed by atoms with Crippen LogP contribution < -0.4 is 9.62 Å². The Balaban J connectivity index is 2.36. The van der Waals surface area contributed by atoms with Gasteiger partial charge in [0.05, 0.1) is 11.9 Å². The highest BCUT2D eigenvalue weighted by molar-refractivity contribution is 9.10. The van der Waals surface area contributed by atoms with Crippen molar-refractivity contribution >= 4 is 43.5 Å². The van der Waals surface area contributed by atoms with Crippen LogP contribution in [0.15, 0.2) is 53.0 Å². The molecule has 0 bridgehead atoms. The molecule has 1 N–H and O–H groups in total. The van der Waals surface area contributed by atoms with Crippen LogP contribution in [-0.2, 0) is 26.2 Å². The van der Waals surface area contributed by atoms with Crippen LogP contribution in [0.1, 0.15) is 32.8 Å². The average molecular weight is 542 g/mol. The Kier molecular flexibility index (Phi) is 9.42. The van der Waals surface area contributed by atoms with Gasteiger partial charge in [-0.15, -0.1) is 0 Å². The molecule has 0 radical (unpaired) electrons. The zero-order chi connectivity index (χ0) is 24.8. The van der Waals surface area contributed by atoms with Crippen molar-refractivity contribution in [2.45, 2.75) is 45.8 Å². The van der Waals surface area contributed by atoms with Crippen molar-refractivity contribution in [1.82, 2.24) is 10.2 Å². The maximum absolute atomic E-state index is 13.4. The second-order valence-electron chi connectivity index (χ2n) is 7.89. The van der Waals surface area contributed by atoms with E-state index in [9.17, 15) is 22.4 Å². The van der Waals surface area contributed by atoms with Crippen molar-refractivity contribution in [2.75, 3.05) is 17.1 Å². The third kappa shape index (κ3) is 7.82. The summed E-state index contributed by atoms with van der Waals surface area (Å²) in [4.78, 5) is 27.5. The van der Waals surface area contributed by atoms with Crippen molar-refractivity contribution in [3.63, 3.8) is 0 Å². The van der Waals surface area contributed by atoms with E-state index >= 15 is 0 Å². The minimum Gasteiger partial charge on any atom is -0.352 e. The number of nitrogens with zero attached hydrogens (tertiary/aromatic N) is 2. The van der Waals surface area contributed by atoms with E-state index in [0.29, 0.717) is 11.3 Å². The fraction of sp³-hybridized carbons (Fsp3) is 0.391. The SMILES string of the molecule is CCC(C)NC(=O)C(C)N(Cc1ccc(F)cc1)C(=O)CN(c1ccc(Br)cc1)S(C)(=O)=O. The molecular formula is C23H29BrFN3O4S. The zero-order valence-electron chi connectivity index (χ0n) is 19.1. The number of carbonyl (C=O) groups is 2. The van der Waals surface area contributed by atoms with Gasteiger partial charge in [-0.1, -0.05) is 35.0 Å². The van der Waals surface area contributed by atoms with Crippen molar-refractivity contribution in [1.29, 1.82) is 0 Å². The molecule has 7 nitrogen and oxygen atoms in total. The van der Waals surface area contributed by atoms with Gasteiger partial charge in [-0.05, 0) is 62.2 Å². The van der Waals surface area contributed by atoms with Gasteiger partial charge in [-0.25, -0.2) is 12.8 Å². The second-order valence-corrected chi connectivity index (χ2v) is 10.7. The van der Waals surface area contributed by atoms with Gasteiger partial charge in [0.2, 0.25) is 21.8 Å². The Hall–Kier alpha value is -2.46. The number of anilines is 1. The van der Waals surface area contributed by atoms with Crippen LogP contribution >= 0.6 is 15.9 Å². The highest BCUT2D eigenvalue weighted by atomic mass is 79.9.